The molecule has 0 spiro atoms. The van der Waals surface area contributed by atoms with E-state index in [0.29, 0.717) is 110 Å². The van der Waals surface area contributed by atoms with E-state index < -0.39 is 48.8 Å². The molecule has 0 fully saturated rings. The molecule has 3 aliphatic heterocycles. The molecule has 2 aromatic heterocycles. The molecule has 414 valence electrons. The van der Waals surface area contributed by atoms with Crippen LogP contribution in [-0.2, 0) is 49.5 Å². The zero-order valence-corrected chi connectivity index (χ0v) is 45.6. The summed E-state index contributed by atoms with van der Waals surface area (Å²) in [4.78, 5) is 49.5. The third-order valence-corrected chi connectivity index (χ3v) is 15.1. The van der Waals surface area contributed by atoms with Crippen molar-refractivity contribution in [2.45, 2.75) is 85.6 Å². The molecule has 6 aromatic rings. The molecule has 3 aliphatic rings. The Morgan fingerprint density at radius 1 is 0.886 bits per heavy atom. The number of hydrogen-bond donors (Lipinski definition) is 5. The van der Waals surface area contributed by atoms with Gasteiger partial charge in [-0.1, -0.05) is 56.0 Å². The van der Waals surface area contributed by atoms with E-state index in [-0.39, 0.29) is 43.7 Å². The Balaban J connectivity index is 0.000000246. The summed E-state index contributed by atoms with van der Waals surface area (Å²) in [6, 6.07) is 21.1. The number of imidazole rings is 1. The minimum Gasteiger partial charge on any atom is -0.748 e. The molecule has 79 heavy (non-hydrogen) atoms. The number of hydrogen-bond acceptors (Lipinski definition) is 15. The first-order valence-electron chi connectivity index (χ1n) is 24.6. The summed E-state index contributed by atoms with van der Waals surface area (Å²) < 4.78 is 86.4. The molecule has 5 heterocycles. The number of anilines is 2. The van der Waals surface area contributed by atoms with Crippen LogP contribution in [0.5, 0.6) is 17.4 Å². The van der Waals surface area contributed by atoms with Gasteiger partial charge in [0.1, 0.15) is 30.9 Å². The van der Waals surface area contributed by atoms with Gasteiger partial charge in [0.2, 0.25) is 29.0 Å². The van der Waals surface area contributed by atoms with Gasteiger partial charge in [0.15, 0.2) is 16.7 Å². The lowest BCUT2D eigenvalue weighted by Crippen LogP contribution is -2.47. The zero-order valence-electron chi connectivity index (χ0n) is 43.9. The van der Waals surface area contributed by atoms with Crippen LogP contribution in [0.3, 0.4) is 0 Å². The zero-order chi connectivity index (χ0) is 56.6. The summed E-state index contributed by atoms with van der Waals surface area (Å²) in [5.41, 5.74) is 11.2. The number of nitrogens with zero attached hydrogens (tertiary/aromatic N) is 6. The van der Waals surface area contributed by atoms with E-state index in [9.17, 15) is 45.4 Å². The fourth-order valence-electron chi connectivity index (χ4n) is 9.54. The Morgan fingerprint density at radius 3 is 2.23 bits per heavy atom. The van der Waals surface area contributed by atoms with Gasteiger partial charge in [-0.2, -0.15) is 18.4 Å². The molecular formula is C55H62BN9O12S2. The number of ether oxygens (including phenoxy) is 2. The van der Waals surface area contributed by atoms with Gasteiger partial charge in [-0.15, -0.1) is 0 Å². The lowest BCUT2D eigenvalue weighted by molar-refractivity contribution is -0.119. The Kier molecular flexibility index (Phi) is 17.0. The molecule has 0 atom stereocenters. The number of carbonyl (C=O) groups is 3. The smallest absolute Gasteiger partial charge is 0.336 e. The maximum absolute atomic E-state index is 12.5. The summed E-state index contributed by atoms with van der Waals surface area (Å²) in [5.74, 6) is -1.66. The minimum atomic E-state index is -4.67. The molecule has 0 unspecified atom stereocenters. The second-order valence-corrected chi connectivity index (χ2v) is 23.0. The molecule has 0 saturated heterocycles. The van der Waals surface area contributed by atoms with Gasteiger partial charge in [-0.25, -0.2) is 22.8 Å². The number of amides is 2. The van der Waals surface area contributed by atoms with Crippen molar-refractivity contribution in [3.8, 4) is 17.4 Å². The van der Waals surface area contributed by atoms with E-state index in [4.69, 9.17) is 23.1 Å². The van der Waals surface area contributed by atoms with Crippen molar-refractivity contribution in [2.24, 2.45) is 0 Å². The van der Waals surface area contributed by atoms with Crippen LogP contribution in [0.25, 0.3) is 27.9 Å². The van der Waals surface area contributed by atoms with Crippen molar-refractivity contribution in [3.63, 3.8) is 0 Å². The van der Waals surface area contributed by atoms with E-state index in [1.807, 2.05) is 80.1 Å². The van der Waals surface area contributed by atoms with Gasteiger partial charge in [0.05, 0.1) is 52.8 Å². The Morgan fingerprint density at radius 2 is 1.57 bits per heavy atom. The molecule has 2 radical (unpaired) electrons. The van der Waals surface area contributed by atoms with Crippen molar-refractivity contribution in [1.29, 1.82) is 0 Å². The summed E-state index contributed by atoms with van der Waals surface area (Å²) in [6.45, 7) is 10.9. The average molecular weight is 1120 g/mol. The molecule has 24 heteroatoms. The monoisotopic (exact) mass is 1120 g/mol. The number of carboxylic acids is 1. The number of likely N-dealkylation sites (N-methyl/N-ethyl adjacent to an activating group) is 2. The summed E-state index contributed by atoms with van der Waals surface area (Å²) >= 11 is 0. The van der Waals surface area contributed by atoms with E-state index in [1.54, 1.807) is 60.9 Å². The fourth-order valence-corrected chi connectivity index (χ4v) is 10.8. The summed E-state index contributed by atoms with van der Waals surface area (Å²) in [6.07, 6.45) is 5.80. The first-order valence-corrected chi connectivity index (χ1v) is 27.8. The fraction of sp³-hybridized carbons (Fsp3) is 0.327. The molecule has 0 saturated carbocycles. The van der Waals surface area contributed by atoms with Crippen LogP contribution in [0.4, 0.5) is 11.6 Å². The second-order valence-electron chi connectivity index (χ2n) is 20.2. The van der Waals surface area contributed by atoms with Crippen LogP contribution >= 0.6 is 0 Å². The molecule has 6 N–H and O–H groups in total. The van der Waals surface area contributed by atoms with Gasteiger partial charge in [-0.3, -0.25) is 14.1 Å². The number of benzene rings is 4. The molecule has 21 nitrogen and oxygen atoms in total. The first kappa shape index (κ1) is 58.8. The molecule has 9 rings (SSSR count). The van der Waals surface area contributed by atoms with Gasteiger partial charge >= 0.3 is 5.97 Å². The number of aryl methyl sites for hydroxylation is 1. The van der Waals surface area contributed by atoms with Gasteiger partial charge < -0.3 is 45.0 Å². The van der Waals surface area contributed by atoms with Crippen LogP contribution in [0.15, 0.2) is 91.3 Å². The maximum Gasteiger partial charge on any atom is 0.336 e. The molecular weight excluding hydrogens is 1050 g/mol. The minimum absolute atomic E-state index is 0. The van der Waals surface area contributed by atoms with Crippen molar-refractivity contribution in [1.82, 2.24) is 34.7 Å². The average Bonchev–Trinajstić information content (AvgIpc) is 3.90. The highest BCUT2D eigenvalue weighted by molar-refractivity contribution is 7.86. The summed E-state index contributed by atoms with van der Waals surface area (Å²) in [7, 11) is -0.109. The first-order chi connectivity index (χ1) is 36.6. The van der Waals surface area contributed by atoms with Crippen LogP contribution < -0.4 is 45.9 Å². The van der Waals surface area contributed by atoms with Crippen molar-refractivity contribution in [2.75, 3.05) is 42.8 Å². The summed E-state index contributed by atoms with van der Waals surface area (Å²) in [5, 5.41) is 16.8. The molecule has 0 aliphatic carbocycles. The van der Waals surface area contributed by atoms with Gasteiger partial charge in [0, 0.05) is 81.1 Å². The largest absolute Gasteiger partial charge is 0.748 e. The standard InChI is InChI=1S/C34H34N2O9S2.C20H24BN7O3.CH4/c1-33(2)15-19(17-46(39,40)41)23-11-25-29(13-27(23)35(33)5)45-30-14-28-24(20(18-47(42,43)44)16-34(3,4)36(28)6)12-26(30)31(25)21-9-7-8-10-22(21)32(37)38;1-13(29)24-10-14-3-5-15(6-4-14)11-31-19-17-18(26-20(22)27-19)28(12-25-17)8-2-7-23-16(30)9-21;/h7-16H,17-18H2,1-6H3,(H2-,37,38,39,40,41,42,43,44);3-6,12H,2,7-11H2,1H3,(H,23,30)(H,24,29)(H2,22,26,27);1H4. The molecule has 2 amide bonds. The quantitative estimate of drug-likeness (QED) is 0.0387. The topological polar surface area (TPSA) is 301 Å². The lowest BCUT2D eigenvalue weighted by Gasteiger charge is -2.42. The highest BCUT2D eigenvalue weighted by Gasteiger charge is 2.37. The Labute approximate surface area is 459 Å². The number of nitrogens with one attached hydrogen (secondary N) is 2. The van der Waals surface area contributed by atoms with Crippen LogP contribution in [-0.4, -0.2) is 119 Å². The number of aromatic nitrogens is 4. The predicted octanol–water partition coefficient (Wildman–Crippen LogP) is 4.43. The Bertz CT molecular complexity index is 3860. The normalized spacial score (nSPS) is 14.8. The molecule has 0 bridgehead atoms. The number of rotatable bonds is 16. The number of nitrogen functional groups attached to an aromatic ring is 1. The van der Waals surface area contributed by atoms with Crippen molar-refractivity contribution >= 4 is 85.4 Å². The van der Waals surface area contributed by atoms with E-state index >= 15 is 0 Å². The van der Waals surface area contributed by atoms with E-state index in [1.165, 1.54) is 13.0 Å². The SMILES string of the molecule is C.CN1c2cc3c(cc2C(CS(=O)(=O)[O-])=CC1(C)C)C(c1ccccc1C(=O)O)=c1cc2c(cc1O3)=[N+](C)C(C)(C)C=C2CS(=O)(=O)O.[B]CC(=O)NCCCn1cnc2c(OCc3ccc(CNC(C)=O)cc3)nc(N)nc21. The Hall–Kier alpha value is -7.93. The van der Waals surface area contributed by atoms with Gasteiger partial charge in [-0.05, 0) is 78.7 Å². The third-order valence-electron chi connectivity index (χ3n) is 13.7. The van der Waals surface area contributed by atoms with Crippen molar-refractivity contribution in [3.05, 3.63) is 141 Å². The van der Waals surface area contributed by atoms with E-state index in [2.05, 4.69) is 25.6 Å². The number of carbonyl (C=O) groups excluding carboxylic acids is 2. The van der Waals surface area contributed by atoms with E-state index in [0.717, 1.165) is 11.1 Å². The van der Waals surface area contributed by atoms with Crippen LogP contribution in [0.2, 0.25) is 6.32 Å². The van der Waals surface area contributed by atoms with Crippen LogP contribution in [0.1, 0.15) is 92.2 Å². The number of nitrogens with two attached hydrogens (primary N) is 1. The molecule has 4 aromatic carbocycles. The van der Waals surface area contributed by atoms with Crippen LogP contribution in [0, 0.1) is 0 Å². The maximum atomic E-state index is 12.5. The highest BCUT2D eigenvalue weighted by Crippen LogP contribution is 2.47. The second kappa shape index (κ2) is 22.8. The predicted molar refractivity (Wildman–Crippen MR) is 301 cm³/mol. The van der Waals surface area contributed by atoms with Crippen molar-refractivity contribution < 1.29 is 54.9 Å². The number of fused-ring (bicyclic) bond motifs is 5. The lowest BCUT2D eigenvalue weighted by atomic mass is 9.83. The third kappa shape index (κ3) is 13.2. The number of carboxylic acid groups (broad SMARTS) is 1. The van der Waals surface area contributed by atoms with Gasteiger partial charge in [0.25, 0.3) is 10.1 Å². The highest BCUT2D eigenvalue weighted by atomic mass is 32.2. The number of aromatic carboxylic acids is 1.